The number of anilines is 1. The molecule has 2 aromatic rings. The molecule has 0 saturated heterocycles. The summed E-state index contributed by atoms with van der Waals surface area (Å²) in [7, 11) is 0. The van der Waals surface area contributed by atoms with Crippen molar-refractivity contribution in [1.82, 2.24) is 0 Å². The lowest BCUT2D eigenvalue weighted by Gasteiger charge is -2.15. The number of nitrogens with one attached hydrogen (secondary N) is 1. The number of aryl methyl sites for hydroxylation is 1. The molecule has 2 aromatic carbocycles. The van der Waals surface area contributed by atoms with Gasteiger partial charge < -0.3 is 10.4 Å². The zero-order valence-electron chi connectivity index (χ0n) is 11.8. The molecular weight excluding hydrogens is 268 g/mol. The normalized spacial score (nSPS) is 11.9. The number of rotatable bonds is 6. The molecule has 0 aliphatic heterocycles. The molecule has 0 bridgehead atoms. The third kappa shape index (κ3) is 4.49. The van der Waals surface area contributed by atoms with Crippen LogP contribution in [0.4, 0.5) is 11.4 Å². The lowest BCUT2D eigenvalue weighted by molar-refractivity contribution is -0.384. The van der Waals surface area contributed by atoms with Crippen LogP contribution in [0.25, 0.3) is 0 Å². The molecule has 1 atom stereocenters. The van der Waals surface area contributed by atoms with E-state index in [4.69, 9.17) is 0 Å². The Morgan fingerprint density at radius 1 is 1.14 bits per heavy atom. The standard InChI is InChI=1S/C16H18N2O3/c1-12(2-3-13-4-10-16(19)11-5-13)17-14-6-8-15(9-7-14)18(20)21/h4-12,17,19H,2-3H2,1H3. The maximum absolute atomic E-state index is 10.6. The van der Waals surface area contributed by atoms with Gasteiger partial charge in [0.25, 0.3) is 5.69 Å². The van der Waals surface area contributed by atoms with E-state index in [0.717, 1.165) is 18.5 Å². The van der Waals surface area contributed by atoms with Gasteiger partial charge in [0.2, 0.25) is 0 Å². The van der Waals surface area contributed by atoms with Crippen LogP contribution in [0.2, 0.25) is 0 Å². The quantitative estimate of drug-likeness (QED) is 0.626. The summed E-state index contributed by atoms with van der Waals surface area (Å²) >= 11 is 0. The molecular formula is C16H18N2O3. The third-order valence-corrected chi connectivity index (χ3v) is 3.29. The molecule has 0 aromatic heterocycles. The number of nitro groups is 1. The summed E-state index contributed by atoms with van der Waals surface area (Å²) in [5.41, 5.74) is 2.14. The minimum atomic E-state index is -0.405. The number of phenolic OH excluding ortho intramolecular Hbond substituents is 1. The van der Waals surface area contributed by atoms with Crippen LogP contribution in [0, 0.1) is 10.1 Å². The Bertz CT molecular complexity index is 594. The number of nitrogens with zero attached hydrogens (tertiary/aromatic N) is 1. The monoisotopic (exact) mass is 286 g/mol. The summed E-state index contributed by atoms with van der Waals surface area (Å²) in [6, 6.07) is 13.9. The second-order valence-corrected chi connectivity index (χ2v) is 5.05. The predicted octanol–water partition coefficient (Wildman–Crippen LogP) is 3.73. The van der Waals surface area contributed by atoms with Gasteiger partial charge in [0.05, 0.1) is 4.92 Å². The van der Waals surface area contributed by atoms with Crippen LogP contribution in [0.5, 0.6) is 5.75 Å². The number of benzene rings is 2. The second-order valence-electron chi connectivity index (χ2n) is 5.05. The van der Waals surface area contributed by atoms with E-state index in [9.17, 15) is 15.2 Å². The van der Waals surface area contributed by atoms with E-state index < -0.39 is 4.92 Å². The molecule has 5 nitrogen and oxygen atoms in total. The van der Waals surface area contributed by atoms with E-state index in [1.807, 2.05) is 12.1 Å². The van der Waals surface area contributed by atoms with Crippen molar-refractivity contribution in [2.45, 2.75) is 25.8 Å². The molecule has 2 N–H and O–H groups in total. The van der Waals surface area contributed by atoms with Gasteiger partial charge in [-0.2, -0.15) is 0 Å². The number of hydrogen-bond acceptors (Lipinski definition) is 4. The summed E-state index contributed by atoms with van der Waals surface area (Å²) in [4.78, 5) is 10.2. The highest BCUT2D eigenvalue weighted by molar-refractivity contribution is 5.49. The maximum atomic E-state index is 10.6. The predicted molar refractivity (Wildman–Crippen MR) is 82.6 cm³/mol. The Morgan fingerprint density at radius 3 is 2.33 bits per heavy atom. The van der Waals surface area contributed by atoms with Crippen LogP contribution in [0.15, 0.2) is 48.5 Å². The Morgan fingerprint density at radius 2 is 1.76 bits per heavy atom. The molecule has 1 unspecified atom stereocenters. The highest BCUT2D eigenvalue weighted by atomic mass is 16.6. The van der Waals surface area contributed by atoms with Gasteiger partial charge in [0.1, 0.15) is 5.75 Å². The van der Waals surface area contributed by atoms with E-state index in [0.29, 0.717) is 0 Å². The molecule has 5 heteroatoms. The molecule has 0 heterocycles. The number of nitro benzene ring substituents is 1. The topological polar surface area (TPSA) is 75.4 Å². The zero-order chi connectivity index (χ0) is 15.2. The molecule has 2 rings (SSSR count). The molecule has 0 aliphatic rings. The first-order valence-electron chi connectivity index (χ1n) is 6.83. The fourth-order valence-electron chi connectivity index (χ4n) is 2.08. The van der Waals surface area contributed by atoms with Crippen LogP contribution in [-0.2, 0) is 6.42 Å². The van der Waals surface area contributed by atoms with E-state index in [2.05, 4.69) is 12.2 Å². The second kappa shape index (κ2) is 6.74. The average Bonchev–Trinajstić information content (AvgIpc) is 2.47. The molecule has 0 spiro atoms. The van der Waals surface area contributed by atoms with Gasteiger partial charge in [0.15, 0.2) is 0 Å². The van der Waals surface area contributed by atoms with Crippen molar-refractivity contribution in [1.29, 1.82) is 0 Å². The van der Waals surface area contributed by atoms with Gasteiger partial charge >= 0.3 is 0 Å². The molecule has 0 amide bonds. The SMILES string of the molecule is CC(CCc1ccc(O)cc1)Nc1ccc([N+](=O)[O-])cc1. The van der Waals surface area contributed by atoms with Gasteiger partial charge in [-0.05, 0) is 49.6 Å². The summed E-state index contributed by atoms with van der Waals surface area (Å²) in [6.45, 7) is 2.07. The summed E-state index contributed by atoms with van der Waals surface area (Å²) in [6.07, 6.45) is 1.84. The molecule has 0 saturated carbocycles. The highest BCUT2D eigenvalue weighted by Gasteiger charge is 2.06. The van der Waals surface area contributed by atoms with Crippen molar-refractivity contribution in [2.24, 2.45) is 0 Å². The number of non-ortho nitro benzene ring substituents is 1. The van der Waals surface area contributed by atoms with Gasteiger partial charge in [-0.25, -0.2) is 0 Å². The Labute approximate surface area is 123 Å². The highest BCUT2D eigenvalue weighted by Crippen LogP contribution is 2.17. The third-order valence-electron chi connectivity index (χ3n) is 3.29. The number of aromatic hydroxyl groups is 1. The lowest BCUT2D eigenvalue weighted by Crippen LogP contribution is -2.15. The smallest absolute Gasteiger partial charge is 0.269 e. The average molecular weight is 286 g/mol. The number of phenols is 1. The van der Waals surface area contributed by atoms with E-state index in [1.165, 1.54) is 17.7 Å². The zero-order valence-corrected chi connectivity index (χ0v) is 11.8. The van der Waals surface area contributed by atoms with Gasteiger partial charge in [-0.15, -0.1) is 0 Å². The van der Waals surface area contributed by atoms with Gasteiger partial charge in [-0.1, -0.05) is 12.1 Å². The van der Waals surface area contributed by atoms with E-state index >= 15 is 0 Å². The Kier molecular flexibility index (Phi) is 4.77. The fraction of sp³-hybridized carbons (Fsp3) is 0.250. The first-order valence-corrected chi connectivity index (χ1v) is 6.83. The van der Waals surface area contributed by atoms with Crippen LogP contribution < -0.4 is 5.32 Å². The van der Waals surface area contributed by atoms with Crippen LogP contribution >= 0.6 is 0 Å². The summed E-state index contributed by atoms with van der Waals surface area (Å²) in [5, 5.41) is 23.1. The van der Waals surface area contributed by atoms with Crippen molar-refractivity contribution >= 4 is 11.4 Å². The fourth-order valence-corrected chi connectivity index (χ4v) is 2.08. The van der Waals surface area contributed by atoms with Gasteiger partial charge in [-0.3, -0.25) is 10.1 Å². The summed E-state index contributed by atoms with van der Waals surface area (Å²) < 4.78 is 0. The Balaban J connectivity index is 1.85. The van der Waals surface area contributed by atoms with Crippen molar-refractivity contribution in [3.63, 3.8) is 0 Å². The summed E-state index contributed by atoms with van der Waals surface area (Å²) in [5.74, 6) is 0.274. The van der Waals surface area contributed by atoms with Crippen molar-refractivity contribution < 1.29 is 10.0 Å². The minimum absolute atomic E-state index is 0.0947. The molecule has 0 aliphatic carbocycles. The Hall–Kier alpha value is -2.56. The molecule has 21 heavy (non-hydrogen) atoms. The van der Waals surface area contributed by atoms with Crippen molar-refractivity contribution in [3.8, 4) is 5.75 Å². The molecule has 110 valence electrons. The largest absolute Gasteiger partial charge is 0.508 e. The molecule has 0 fully saturated rings. The molecule has 0 radical (unpaired) electrons. The van der Waals surface area contributed by atoms with Crippen molar-refractivity contribution in [3.05, 3.63) is 64.2 Å². The van der Waals surface area contributed by atoms with E-state index in [1.54, 1.807) is 24.3 Å². The number of hydrogen-bond donors (Lipinski definition) is 2. The van der Waals surface area contributed by atoms with E-state index in [-0.39, 0.29) is 17.5 Å². The maximum Gasteiger partial charge on any atom is 0.269 e. The minimum Gasteiger partial charge on any atom is -0.508 e. The van der Waals surface area contributed by atoms with Crippen LogP contribution in [0.1, 0.15) is 18.9 Å². The lowest BCUT2D eigenvalue weighted by atomic mass is 10.1. The first-order chi connectivity index (χ1) is 10.0. The van der Waals surface area contributed by atoms with Crippen LogP contribution in [-0.4, -0.2) is 16.1 Å². The van der Waals surface area contributed by atoms with Crippen molar-refractivity contribution in [2.75, 3.05) is 5.32 Å². The van der Waals surface area contributed by atoms with Gasteiger partial charge in [0, 0.05) is 23.9 Å². The van der Waals surface area contributed by atoms with Crippen LogP contribution in [0.3, 0.4) is 0 Å². The first kappa shape index (κ1) is 14.8.